The average molecular weight is 341 g/mol. The van der Waals surface area contributed by atoms with E-state index in [2.05, 4.69) is 47.3 Å². The van der Waals surface area contributed by atoms with Gasteiger partial charge in [-0.1, -0.05) is 24.3 Å². The molecule has 126 valence electrons. The average Bonchev–Trinajstić information content (AvgIpc) is 2.82. The first-order valence-corrected chi connectivity index (χ1v) is 9.01. The van der Waals surface area contributed by atoms with Crippen LogP contribution in [0.4, 0.5) is 0 Å². The molecule has 0 saturated carbocycles. The lowest BCUT2D eigenvalue weighted by Crippen LogP contribution is -2.26. The van der Waals surface area contributed by atoms with Crippen LogP contribution in [-0.4, -0.2) is 9.97 Å². The van der Waals surface area contributed by atoms with Gasteiger partial charge in [-0.2, -0.15) is 0 Å². The molecule has 0 fully saturated rings. The molecule has 2 heterocycles. The van der Waals surface area contributed by atoms with E-state index in [-0.39, 0.29) is 17.6 Å². The molecule has 3 rings (SSSR count). The molecule has 0 bridgehead atoms. The third-order valence-electron chi connectivity index (χ3n) is 4.62. The summed E-state index contributed by atoms with van der Waals surface area (Å²) in [5, 5.41) is 4.26. The van der Waals surface area contributed by atoms with Gasteiger partial charge in [-0.15, -0.1) is 11.3 Å². The lowest BCUT2D eigenvalue weighted by molar-refractivity contribution is 0.475. The third kappa shape index (κ3) is 3.01. The molecule has 0 radical (unpaired) electrons. The predicted molar refractivity (Wildman–Crippen MR) is 101 cm³/mol. The van der Waals surface area contributed by atoms with Gasteiger partial charge < -0.3 is 10.3 Å². The third-order valence-corrected chi connectivity index (χ3v) is 5.72. The number of aromatic amines is 1. The number of nitrogens with one attached hydrogen (secondary N) is 2. The second-order valence-corrected chi connectivity index (χ2v) is 7.58. The van der Waals surface area contributed by atoms with Crippen molar-refractivity contribution in [3.05, 3.63) is 62.0 Å². The second-order valence-electron chi connectivity index (χ2n) is 6.38. The molecule has 0 spiro atoms. The summed E-state index contributed by atoms with van der Waals surface area (Å²) in [4.78, 5) is 22.0. The van der Waals surface area contributed by atoms with E-state index in [4.69, 9.17) is 0 Å². The number of H-pyrrole nitrogens is 1. The summed E-state index contributed by atoms with van der Waals surface area (Å²) in [6, 6.07) is 8.47. The van der Waals surface area contributed by atoms with Crippen LogP contribution in [0.5, 0.6) is 0 Å². The van der Waals surface area contributed by atoms with E-state index < -0.39 is 0 Å². The molecular formula is C19H23N3OS. The zero-order valence-corrected chi connectivity index (χ0v) is 15.5. The Morgan fingerprint density at radius 2 is 1.83 bits per heavy atom. The summed E-state index contributed by atoms with van der Waals surface area (Å²) in [5.74, 6) is 0.689. The summed E-state index contributed by atoms with van der Waals surface area (Å²) >= 11 is 1.58. The fourth-order valence-corrected chi connectivity index (χ4v) is 4.13. The number of fused-ring (bicyclic) bond motifs is 1. The molecule has 3 aromatic rings. The monoisotopic (exact) mass is 341 g/mol. The minimum atomic E-state index is -0.0472. The smallest absolute Gasteiger partial charge is 0.259 e. The maximum Gasteiger partial charge on any atom is 0.259 e. The molecule has 0 unspecified atom stereocenters. The number of benzene rings is 1. The first-order valence-electron chi connectivity index (χ1n) is 8.20. The van der Waals surface area contributed by atoms with Crippen molar-refractivity contribution in [2.45, 2.75) is 46.7 Å². The van der Waals surface area contributed by atoms with Crippen LogP contribution in [0.3, 0.4) is 0 Å². The van der Waals surface area contributed by atoms with Crippen LogP contribution in [0.15, 0.2) is 29.1 Å². The van der Waals surface area contributed by atoms with Crippen molar-refractivity contribution < 1.29 is 0 Å². The first kappa shape index (κ1) is 16.9. The molecule has 0 aliphatic heterocycles. The normalized spacial score (nSPS) is 14.0. The number of rotatable bonds is 4. The van der Waals surface area contributed by atoms with Crippen molar-refractivity contribution in [1.82, 2.24) is 15.3 Å². The molecule has 0 saturated heterocycles. The van der Waals surface area contributed by atoms with Crippen LogP contribution in [0.2, 0.25) is 0 Å². The second kappa shape index (κ2) is 6.49. The molecule has 0 aliphatic rings. The topological polar surface area (TPSA) is 57.8 Å². The van der Waals surface area contributed by atoms with Gasteiger partial charge in [0.25, 0.3) is 5.56 Å². The molecule has 24 heavy (non-hydrogen) atoms. The van der Waals surface area contributed by atoms with Gasteiger partial charge >= 0.3 is 0 Å². The van der Waals surface area contributed by atoms with Gasteiger partial charge in [0.1, 0.15) is 10.7 Å². The zero-order chi connectivity index (χ0) is 17.4. The van der Waals surface area contributed by atoms with Crippen molar-refractivity contribution in [3.8, 4) is 0 Å². The van der Waals surface area contributed by atoms with Crippen LogP contribution in [0, 0.1) is 20.8 Å². The van der Waals surface area contributed by atoms with Gasteiger partial charge in [-0.05, 0) is 51.3 Å². The van der Waals surface area contributed by atoms with Crippen LogP contribution < -0.4 is 10.9 Å². The highest BCUT2D eigenvalue weighted by molar-refractivity contribution is 7.18. The molecule has 2 N–H and O–H groups in total. The summed E-state index contributed by atoms with van der Waals surface area (Å²) in [6.45, 7) is 10.3. The minimum Gasteiger partial charge on any atom is -0.309 e. The summed E-state index contributed by atoms with van der Waals surface area (Å²) in [5.41, 5.74) is 3.50. The van der Waals surface area contributed by atoms with Crippen LogP contribution >= 0.6 is 11.3 Å². The van der Waals surface area contributed by atoms with Gasteiger partial charge in [0.15, 0.2) is 0 Å². The summed E-state index contributed by atoms with van der Waals surface area (Å²) < 4.78 is 0. The minimum absolute atomic E-state index is 0.0422. The van der Waals surface area contributed by atoms with Gasteiger partial charge in [-0.3, -0.25) is 4.79 Å². The van der Waals surface area contributed by atoms with E-state index in [1.807, 2.05) is 26.8 Å². The number of aryl methyl sites for hydroxylation is 3. The van der Waals surface area contributed by atoms with E-state index in [0.29, 0.717) is 5.82 Å². The number of hydrogen-bond acceptors (Lipinski definition) is 4. The molecule has 1 aromatic carbocycles. The Bertz CT molecular complexity index is 941. The SMILES string of the molecule is Cc1ccccc1[C@H](C)N[C@@H](C)c1nc2sc(C)c(C)c2c(=O)[nH]1. The Balaban J connectivity index is 1.90. The highest BCUT2D eigenvalue weighted by Gasteiger charge is 2.17. The van der Waals surface area contributed by atoms with E-state index in [0.717, 1.165) is 20.7 Å². The highest BCUT2D eigenvalue weighted by Crippen LogP contribution is 2.27. The Morgan fingerprint density at radius 3 is 2.54 bits per heavy atom. The van der Waals surface area contributed by atoms with E-state index >= 15 is 0 Å². The Labute approximate surface area is 146 Å². The maximum absolute atomic E-state index is 12.4. The van der Waals surface area contributed by atoms with E-state index in [1.165, 1.54) is 11.1 Å². The maximum atomic E-state index is 12.4. The Kier molecular flexibility index (Phi) is 4.56. The fourth-order valence-electron chi connectivity index (χ4n) is 3.09. The largest absolute Gasteiger partial charge is 0.309 e. The standard InChI is InChI=1S/C19H23N3OS/c1-10-8-6-7-9-15(10)12(3)20-13(4)17-21-18(23)16-11(2)14(5)24-19(16)22-17/h6-9,12-13,20H,1-5H3,(H,21,22,23)/t12-,13-/m0/s1. The molecule has 2 atom stereocenters. The lowest BCUT2D eigenvalue weighted by Gasteiger charge is -2.21. The number of nitrogens with zero attached hydrogens (tertiary/aromatic N) is 1. The van der Waals surface area contributed by atoms with Gasteiger partial charge in [0.2, 0.25) is 0 Å². The summed E-state index contributed by atoms with van der Waals surface area (Å²) in [6.07, 6.45) is 0. The fraction of sp³-hybridized carbons (Fsp3) is 0.368. The highest BCUT2D eigenvalue weighted by atomic mass is 32.1. The Hall–Kier alpha value is -1.98. The predicted octanol–water partition coefficient (Wildman–Crippen LogP) is 4.32. The van der Waals surface area contributed by atoms with Crippen molar-refractivity contribution in [2.24, 2.45) is 0 Å². The molecule has 4 nitrogen and oxygen atoms in total. The van der Waals surface area contributed by atoms with Gasteiger partial charge in [0.05, 0.1) is 11.4 Å². The molecular weight excluding hydrogens is 318 g/mol. The van der Waals surface area contributed by atoms with Crippen molar-refractivity contribution in [2.75, 3.05) is 0 Å². The van der Waals surface area contributed by atoms with Crippen LogP contribution in [-0.2, 0) is 0 Å². The lowest BCUT2D eigenvalue weighted by atomic mass is 10.0. The molecule has 2 aromatic heterocycles. The summed E-state index contributed by atoms with van der Waals surface area (Å²) in [7, 11) is 0. The quantitative estimate of drug-likeness (QED) is 0.743. The first-order chi connectivity index (χ1) is 11.4. The Morgan fingerprint density at radius 1 is 1.12 bits per heavy atom. The van der Waals surface area contributed by atoms with Crippen molar-refractivity contribution >= 4 is 21.6 Å². The zero-order valence-electron chi connectivity index (χ0n) is 14.7. The van der Waals surface area contributed by atoms with Gasteiger partial charge in [-0.25, -0.2) is 4.98 Å². The number of aromatic nitrogens is 2. The van der Waals surface area contributed by atoms with Gasteiger partial charge in [0, 0.05) is 10.9 Å². The van der Waals surface area contributed by atoms with E-state index in [9.17, 15) is 4.79 Å². The van der Waals surface area contributed by atoms with Crippen molar-refractivity contribution in [1.29, 1.82) is 0 Å². The number of hydrogen-bond donors (Lipinski definition) is 2. The van der Waals surface area contributed by atoms with Crippen LogP contribution in [0.25, 0.3) is 10.2 Å². The molecule has 0 aliphatic carbocycles. The van der Waals surface area contributed by atoms with Crippen molar-refractivity contribution in [3.63, 3.8) is 0 Å². The van der Waals surface area contributed by atoms with E-state index in [1.54, 1.807) is 11.3 Å². The molecule has 0 amide bonds. The number of thiophene rings is 1. The molecule has 5 heteroatoms. The van der Waals surface area contributed by atoms with Crippen LogP contribution in [0.1, 0.15) is 53.3 Å².